The number of hydrogen-bond donors (Lipinski definition) is 1. The second kappa shape index (κ2) is 5.67. The van der Waals surface area contributed by atoms with Crippen molar-refractivity contribution in [3.63, 3.8) is 0 Å². The average molecular weight is 298 g/mol. The molecule has 3 rings (SSSR count). The number of benzene rings is 1. The zero-order valence-electron chi connectivity index (χ0n) is 12.4. The van der Waals surface area contributed by atoms with Crippen molar-refractivity contribution < 1.29 is 9.94 Å². The molecule has 0 amide bonds. The van der Waals surface area contributed by atoms with E-state index in [-0.39, 0.29) is 10.9 Å². The summed E-state index contributed by atoms with van der Waals surface area (Å²) in [5, 5.41) is 20.4. The summed E-state index contributed by atoms with van der Waals surface area (Å²) in [5.74, 6) is 0.337. The van der Waals surface area contributed by atoms with Crippen molar-refractivity contribution in [1.29, 1.82) is 0 Å². The molecular formula is C16H16N3O3-. The predicted molar refractivity (Wildman–Crippen MR) is 84.2 cm³/mol. The molecule has 0 aliphatic rings. The number of anilines is 1. The van der Waals surface area contributed by atoms with Crippen LogP contribution in [0.5, 0.6) is 5.75 Å². The molecule has 0 aliphatic heterocycles. The second-order valence-electron chi connectivity index (χ2n) is 4.94. The van der Waals surface area contributed by atoms with E-state index < -0.39 is 0 Å². The fourth-order valence-electron chi connectivity index (χ4n) is 2.40. The molecule has 1 N–H and O–H groups in total. The van der Waals surface area contributed by atoms with Gasteiger partial charge in [0.1, 0.15) is 11.4 Å². The SMILES string of the molecule is CCOc1ccc(-c2cn3cccc(C)c3n2)cc1N([O-])O. The van der Waals surface area contributed by atoms with E-state index in [0.717, 1.165) is 22.5 Å². The standard InChI is InChI=1S/C16H16N3O3/c1-3-22-15-7-6-12(9-14(15)19(20)21)13-10-18-8-4-5-11(2)16(18)17-13/h4-10,20H,3H2,1-2H3/q-1. The minimum Gasteiger partial charge on any atom is -0.733 e. The number of ether oxygens (including phenoxy) is 1. The van der Waals surface area contributed by atoms with E-state index in [4.69, 9.17) is 4.74 Å². The van der Waals surface area contributed by atoms with Crippen molar-refractivity contribution in [2.45, 2.75) is 13.8 Å². The van der Waals surface area contributed by atoms with Gasteiger partial charge in [-0.25, -0.2) is 4.98 Å². The van der Waals surface area contributed by atoms with Gasteiger partial charge in [0.05, 0.1) is 18.0 Å². The van der Waals surface area contributed by atoms with E-state index in [2.05, 4.69) is 4.98 Å². The van der Waals surface area contributed by atoms with Gasteiger partial charge in [-0.05, 0) is 43.7 Å². The minimum absolute atomic E-state index is 0.0631. The van der Waals surface area contributed by atoms with E-state index in [9.17, 15) is 10.4 Å². The minimum atomic E-state index is -0.185. The normalized spacial score (nSPS) is 10.9. The van der Waals surface area contributed by atoms with E-state index in [1.54, 1.807) is 12.1 Å². The molecule has 0 aliphatic carbocycles. The van der Waals surface area contributed by atoms with Gasteiger partial charge in [0, 0.05) is 18.0 Å². The van der Waals surface area contributed by atoms with E-state index in [1.807, 2.05) is 48.8 Å². The largest absolute Gasteiger partial charge is 0.733 e. The molecule has 6 nitrogen and oxygen atoms in total. The molecule has 0 saturated heterocycles. The van der Waals surface area contributed by atoms with E-state index in [0.29, 0.717) is 12.4 Å². The molecule has 1 aromatic carbocycles. The summed E-state index contributed by atoms with van der Waals surface area (Å²) < 4.78 is 7.27. The molecule has 2 heterocycles. The number of fused-ring (bicyclic) bond motifs is 1. The lowest BCUT2D eigenvalue weighted by molar-refractivity contribution is 0.284. The summed E-state index contributed by atoms with van der Waals surface area (Å²) in [6.45, 7) is 4.21. The molecule has 0 spiro atoms. The van der Waals surface area contributed by atoms with E-state index >= 15 is 0 Å². The first-order valence-electron chi connectivity index (χ1n) is 6.98. The Balaban J connectivity index is 2.10. The molecule has 0 atom stereocenters. The van der Waals surface area contributed by atoms with Gasteiger partial charge in [0.15, 0.2) is 0 Å². The third-order valence-corrected chi connectivity index (χ3v) is 3.44. The van der Waals surface area contributed by atoms with Crippen LogP contribution >= 0.6 is 0 Å². The van der Waals surface area contributed by atoms with Crippen LogP contribution in [0, 0.1) is 12.1 Å². The Bertz CT molecular complexity index is 812. The Morgan fingerprint density at radius 1 is 1.36 bits per heavy atom. The van der Waals surface area contributed by atoms with Gasteiger partial charge in [-0.15, -0.1) is 0 Å². The highest BCUT2D eigenvalue weighted by Crippen LogP contribution is 2.32. The van der Waals surface area contributed by atoms with Gasteiger partial charge in [-0.1, -0.05) is 6.07 Å². The second-order valence-corrected chi connectivity index (χ2v) is 4.94. The van der Waals surface area contributed by atoms with Crippen LogP contribution in [0.3, 0.4) is 0 Å². The maximum atomic E-state index is 11.3. The topological polar surface area (TPSA) is 73.1 Å². The van der Waals surface area contributed by atoms with Crippen LogP contribution in [-0.2, 0) is 0 Å². The van der Waals surface area contributed by atoms with Crippen LogP contribution in [-0.4, -0.2) is 21.2 Å². The molecule has 6 heteroatoms. The molecule has 3 aromatic rings. The van der Waals surface area contributed by atoms with Crippen molar-refractivity contribution >= 4 is 11.3 Å². The maximum absolute atomic E-state index is 11.3. The number of aromatic nitrogens is 2. The van der Waals surface area contributed by atoms with Crippen molar-refractivity contribution in [2.24, 2.45) is 0 Å². The molecule has 0 fully saturated rings. The lowest BCUT2D eigenvalue weighted by atomic mass is 10.1. The van der Waals surface area contributed by atoms with Gasteiger partial charge in [-0.2, -0.15) is 0 Å². The highest BCUT2D eigenvalue weighted by Gasteiger charge is 2.10. The Morgan fingerprint density at radius 2 is 2.18 bits per heavy atom. The molecule has 0 unspecified atom stereocenters. The monoisotopic (exact) mass is 298 g/mol. The van der Waals surface area contributed by atoms with Crippen molar-refractivity contribution in [3.8, 4) is 17.0 Å². The molecular weight excluding hydrogens is 282 g/mol. The van der Waals surface area contributed by atoms with Crippen LogP contribution in [0.2, 0.25) is 0 Å². The highest BCUT2D eigenvalue weighted by molar-refractivity contribution is 5.72. The zero-order valence-corrected chi connectivity index (χ0v) is 12.4. The van der Waals surface area contributed by atoms with Gasteiger partial charge < -0.3 is 19.6 Å². The first-order valence-corrected chi connectivity index (χ1v) is 6.98. The lowest BCUT2D eigenvalue weighted by Gasteiger charge is -2.24. The molecule has 22 heavy (non-hydrogen) atoms. The third kappa shape index (κ3) is 2.49. The number of hydrogen-bond acceptors (Lipinski definition) is 5. The Kier molecular flexibility index (Phi) is 3.70. The van der Waals surface area contributed by atoms with Crippen molar-refractivity contribution in [3.05, 3.63) is 53.5 Å². The zero-order chi connectivity index (χ0) is 15.7. The molecule has 0 saturated carbocycles. The van der Waals surface area contributed by atoms with E-state index in [1.165, 1.54) is 0 Å². The van der Waals surface area contributed by atoms with Crippen LogP contribution in [0.25, 0.3) is 16.9 Å². The Hall–Kier alpha value is -2.57. The molecule has 0 bridgehead atoms. The van der Waals surface area contributed by atoms with Crippen molar-refractivity contribution in [2.75, 3.05) is 11.8 Å². The quantitative estimate of drug-likeness (QED) is 0.747. The number of pyridine rings is 1. The molecule has 2 aromatic heterocycles. The number of imidazole rings is 1. The van der Waals surface area contributed by atoms with Crippen molar-refractivity contribution in [1.82, 2.24) is 9.38 Å². The van der Waals surface area contributed by atoms with Gasteiger partial charge in [0.2, 0.25) is 0 Å². The molecule has 114 valence electrons. The number of rotatable bonds is 4. The summed E-state index contributed by atoms with van der Waals surface area (Å²) in [6, 6.07) is 8.98. The highest BCUT2D eigenvalue weighted by atomic mass is 16.8. The summed E-state index contributed by atoms with van der Waals surface area (Å²) in [7, 11) is 0. The van der Waals surface area contributed by atoms with Gasteiger partial charge in [-0.3, -0.25) is 5.21 Å². The molecule has 0 radical (unpaired) electrons. The maximum Gasteiger partial charge on any atom is 0.143 e. The van der Waals surface area contributed by atoms with Crippen LogP contribution in [0.15, 0.2) is 42.7 Å². The first-order chi connectivity index (χ1) is 10.6. The smallest absolute Gasteiger partial charge is 0.143 e. The number of nitrogens with zero attached hydrogens (tertiary/aromatic N) is 3. The third-order valence-electron chi connectivity index (χ3n) is 3.44. The Labute approximate surface area is 127 Å². The summed E-state index contributed by atoms with van der Waals surface area (Å²) >= 11 is 0. The fraction of sp³-hybridized carbons (Fsp3) is 0.188. The Morgan fingerprint density at radius 3 is 2.86 bits per heavy atom. The summed E-state index contributed by atoms with van der Waals surface area (Å²) in [5.41, 5.74) is 3.44. The lowest BCUT2D eigenvalue weighted by Crippen LogP contribution is -2.09. The number of aryl methyl sites for hydroxylation is 1. The van der Waals surface area contributed by atoms with Gasteiger partial charge >= 0.3 is 0 Å². The van der Waals surface area contributed by atoms with Crippen LogP contribution < -0.4 is 9.96 Å². The summed E-state index contributed by atoms with van der Waals surface area (Å²) in [6.07, 6.45) is 3.80. The van der Waals surface area contributed by atoms with Crippen LogP contribution in [0.1, 0.15) is 12.5 Å². The average Bonchev–Trinajstić information content (AvgIpc) is 2.93. The van der Waals surface area contributed by atoms with Gasteiger partial charge in [0.25, 0.3) is 0 Å². The summed E-state index contributed by atoms with van der Waals surface area (Å²) in [4.78, 5) is 4.58. The fourth-order valence-corrected chi connectivity index (χ4v) is 2.40. The predicted octanol–water partition coefficient (Wildman–Crippen LogP) is 3.40. The first kappa shape index (κ1) is 14.4. The van der Waals surface area contributed by atoms with Crippen LogP contribution in [0.4, 0.5) is 5.69 Å².